The number of hydrogen-bond acceptors (Lipinski definition) is 3. The summed E-state index contributed by atoms with van der Waals surface area (Å²) in [5.41, 5.74) is 1.63. The van der Waals surface area contributed by atoms with Crippen molar-refractivity contribution in [2.45, 2.75) is 82.6 Å². The molecule has 1 amide bonds. The van der Waals surface area contributed by atoms with E-state index in [0.717, 1.165) is 55.6 Å². The molecule has 1 atom stereocenters. The highest BCUT2D eigenvalue weighted by atomic mass is 16.5. The first-order valence-corrected chi connectivity index (χ1v) is 12.9. The first kappa shape index (κ1) is 24.3. The molecular weight excluding hydrogens is 426 g/mol. The van der Waals surface area contributed by atoms with E-state index in [0.29, 0.717) is 5.92 Å². The molecule has 5 heteroatoms. The van der Waals surface area contributed by atoms with Crippen LogP contribution in [0.5, 0.6) is 5.75 Å². The SMILES string of the molecule is CC(NC(=O)C1(c2cccc(OCC3CCCCC3)c2)CCCCC1)c1ccc(C(=O)O)cc1. The molecule has 34 heavy (non-hydrogen) atoms. The van der Waals surface area contributed by atoms with E-state index in [1.807, 2.05) is 19.1 Å². The molecule has 0 saturated heterocycles. The zero-order valence-corrected chi connectivity index (χ0v) is 20.2. The van der Waals surface area contributed by atoms with Crippen LogP contribution < -0.4 is 10.1 Å². The summed E-state index contributed by atoms with van der Waals surface area (Å²) in [6, 6.07) is 14.7. The third kappa shape index (κ3) is 5.63. The highest BCUT2D eigenvalue weighted by molar-refractivity contribution is 5.89. The van der Waals surface area contributed by atoms with Gasteiger partial charge < -0.3 is 15.2 Å². The maximum absolute atomic E-state index is 13.7. The van der Waals surface area contributed by atoms with Gasteiger partial charge in [0.2, 0.25) is 5.91 Å². The monoisotopic (exact) mass is 463 g/mol. The quantitative estimate of drug-likeness (QED) is 0.473. The summed E-state index contributed by atoms with van der Waals surface area (Å²) < 4.78 is 6.20. The van der Waals surface area contributed by atoms with E-state index in [-0.39, 0.29) is 17.5 Å². The summed E-state index contributed by atoms with van der Waals surface area (Å²) in [5, 5.41) is 12.4. The second kappa shape index (κ2) is 11.1. The Labute approximate surface area is 202 Å². The number of carboxylic acid groups (broad SMARTS) is 1. The Balaban J connectivity index is 1.49. The topological polar surface area (TPSA) is 75.6 Å². The molecule has 0 aliphatic heterocycles. The van der Waals surface area contributed by atoms with Gasteiger partial charge in [-0.3, -0.25) is 4.79 Å². The van der Waals surface area contributed by atoms with Crippen molar-refractivity contribution in [3.05, 3.63) is 65.2 Å². The molecule has 1 unspecified atom stereocenters. The Morgan fingerprint density at radius 1 is 1.00 bits per heavy atom. The summed E-state index contributed by atoms with van der Waals surface area (Å²) in [6.07, 6.45) is 11.3. The number of nitrogens with one attached hydrogen (secondary N) is 1. The van der Waals surface area contributed by atoms with E-state index in [1.54, 1.807) is 24.3 Å². The summed E-state index contributed by atoms with van der Waals surface area (Å²) in [6.45, 7) is 2.71. The number of carboxylic acids is 1. The maximum atomic E-state index is 13.7. The number of hydrogen-bond donors (Lipinski definition) is 2. The zero-order chi connectivity index (χ0) is 24.0. The predicted octanol–water partition coefficient (Wildman–Crippen LogP) is 6.42. The number of amides is 1. The van der Waals surface area contributed by atoms with E-state index >= 15 is 0 Å². The average Bonchev–Trinajstić information content (AvgIpc) is 2.88. The highest BCUT2D eigenvalue weighted by Crippen LogP contribution is 2.41. The highest BCUT2D eigenvalue weighted by Gasteiger charge is 2.41. The van der Waals surface area contributed by atoms with E-state index < -0.39 is 11.4 Å². The fourth-order valence-corrected chi connectivity index (χ4v) is 5.59. The lowest BCUT2D eigenvalue weighted by molar-refractivity contribution is -0.128. The molecule has 4 rings (SSSR count). The van der Waals surface area contributed by atoms with Crippen LogP contribution in [0.2, 0.25) is 0 Å². The van der Waals surface area contributed by atoms with Gasteiger partial charge in [0.1, 0.15) is 5.75 Å². The van der Waals surface area contributed by atoms with Gasteiger partial charge in [-0.05, 0) is 73.9 Å². The Bertz CT molecular complexity index is 972. The van der Waals surface area contributed by atoms with Gasteiger partial charge in [-0.1, -0.05) is 62.8 Å². The number of carbonyl (C=O) groups excluding carboxylic acids is 1. The van der Waals surface area contributed by atoms with Gasteiger partial charge in [-0.2, -0.15) is 0 Å². The molecule has 2 aromatic rings. The summed E-state index contributed by atoms with van der Waals surface area (Å²) in [5.74, 6) is 0.595. The molecule has 0 spiro atoms. The first-order chi connectivity index (χ1) is 16.5. The first-order valence-electron chi connectivity index (χ1n) is 12.9. The van der Waals surface area contributed by atoms with Gasteiger partial charge in [-0.15, -0.1) is 0 Å². The van der Waals surface area contributed by atoms with Crippen molar-refractivity contribution in [3.63, 3.8) is 0 Å². The Hall–Kier alpha value is -2.82. The second-order valence-corrected chi connectivity index (χ2v) is 10.1. The predicted molar refractivity (Wildman–Crippen MR) is 133 cm³/mol. The van der Waals surface area contributed by atoms with E-state index in [4.69, 9.17) is 9.84 Å². The normalized spacial score (nSPS) is 19.2. The molecule has 0 radical (unpaired) electrons. The van der Waals surface area contributed by atoms with Crippen LogP contribution in [0.25, 0.3) is 0 Å². The fraction of sp³-hybridized carbons (Fsp3) is 0.517. The molecule has 182 valence electrons. The third-order valence-electron chi connectivity index (χ3n) is 7.74. The van der Waals surface area contributed by atoms with E-state index in [1.165, 1.54) is 32.1 Å². The largest absolute Gasteiger partial charge is 0.493 e. The molecule has 0 bridgehead atoms. The lowest BCUT2D eigenvalue weighted by atomic mass is 9.68. The van der Waals surface area contributed by atoms with Crippen molar-refractivity contribution in [3.8, 4) is 5.75 Å². The number of rotatable bonds is 8. The standard InChI is InChI=1S/C29H37NO4/c1-21(23-13-15-24(16-14-23)27(31)32)30-28(33)29(17-6-3-7-18-29)25-11-8-12-26(19-25)34-20-22-9-4-2-5-10-22/h8,11-16,19,21-22H,2-7,9-10,17-18,20H2,1H3,(H,30,33)(H,31,32). The third-order valence-corrected chi connectivity index (χ3v) is 7.74. The second-order valence-electron chi connectivity index (χ2n) is 10.1. The van der Waals surface area contributed by atoms with Crippen molar-refractivity contribution in [1.82, 2.24) is 5.32 Å². The van der Waals surface area contributed by atoms with Gasteiger partial charge >= 0.3 is 5.97 Å². The van der Waals surface area contributed by atoms with Gasteiger partial charge in [0.05, 0.1) is 23.6 Å². The molecule has 2 N–H and O–H groups in total. The minimum Gasteiger partial charge on any atom is -0.493 e. The number of ether oxygens (including phenoxy) is 1. The summed E-state index contributed by atoms with van der Waals surface area (Å²) in [4.78, 5) is 24.9. The molecular formula is C29H37NO4. The van der Waals surface area contributed by atoms with Crippen LogP contribution >= 0.6 is 0 Å². The number of aromatic carboxylic acids is 1. The maximum Gasteiger partial charge on any atom is 0.335 e. The Morgan fingerprint density at radius 2 is 1.68 bits per heavy atom. The number of carbonyl (C=O) groups is 2. The average molecular weight is 464 g/mol. The van der Waals surface area contributed by atoms with Gasteiger partial charge in [0.25, 0.3) is 0 Å². The van der Waals surface area contributed by atoms with E-state index in [9.17, 15) is 9.59 Å². The van der Waals surface area contributed by atoms with Gasteiger partial charge in [-0.25, -0.2) is 4.79 Å². The van der Waals surface area contributed by atoms with Crippen molar-refractivity contribution in [2.24, 2.45) is 5.92 Å². The lowest BCUT2D eigenvalue weighted by Crippen LogP contribution is -2.46. The zero-order valence-electron chi connectivity index (χ0n) is 20.2. The molecule has 0 aromatic heterocycles. The molecule has 2 aliphatic carbocycles. The van der Waals surface area contributed by atoms with Crippen molar-refractivity contribution < 1.29 is 19.4 Å². The van der Waals surface area contributed by atoms with Crippen molar-refractivity contribution >= 4 is 11.9 Å². The van der Waals surface area contributed by atoms with Crippen molar-refractivity contribution in [1.29, 1.82) is 0 Å². The van der Waals surface area contributed by atoms with Crippen LogP contribution in [0.4, 0.5) is 0 Å². The number of benzene rings is 2. The molecule has 0 heterocycles. The molecule has 2 aromatic carbocycles. The van der Waals surface area contributed by atoms with Gasteiger partial charge in [0.15, 0.2) is 0 Å². The van der Waals surface area contributed by atoms with Crippen LogP contribution in [0, 0.1) is 5.92 Å². The van der Waals surface area contributed by atoms with E-state index in [2.05, 4.69) is 17.4 Å². The smallest absolute Gasteiger partial charge is 0.335 e. The Kier molecular flexibility index (Phi) is 7.91. The van der Waals surface area contributed by atoms with Gasteiger partial charge in [0, 0.05) is 0 Å². The summed E-state index contributed by atoms with van der Waals surface area (Å²) >= 11 is 0. The Morgan fingerprint density at radius 3 is 2.35 bits per heavy atom. The summed E-state index contributed by atoms with van der Waals surface area (Å²) in [7, 11) is 0. The minimum absolute atomic E-state index is 0.0476. The van der Waals surface area contributed by atoms with Crippen LogP contribution in [0.1, 0.15) is 98.7 Å². The molecule has 2 fully saturated rings. The fourth-order valence-electron chi connectivity index (χ4n) is 5.59. The lowest BCUT2D eigenvalue weighted by Gasteiger charge is -2.37. The molecule has 5 nitrogen and oxygen atoms in total. The van der Waals surface area contributed by atoms with Crippen LogP contribution in [-0.2, 0) is 10.2 Å². The van der Waals surface area contributed by atoms with Crippen LogP contribution in [0.15, 0.2) is 48.5 Å². The van der Waals surface area contributed by atoms with Crippen LogP contribution in [-0.4, -0.2) is 23.6 Å². The van der Waals surface area contributed by atoms with Crippen molar-refractivity contribution in [2.75, 3.05) is 6.61 Å². The van der Waals surface area contributed by atoms with Crippen LogP contribution in [0.3, 0.4) is 0 Å². The minimum atomic E-state index is -0.949. The molecule has 2 saturated carbocycles. The molecule has 2 aliphatic rings.